The molecule has 0 bridgehead atoms. The third-order valence-electron chi connectivity index (χ3n) is 2.79. The average molecular weight is 209 g/mol. The fourth-order valence-electron chi connectivity index (χ4n) is 1.94. The summed E-state index contributed by atoms with van der Waals surface area (Å²) in [6.07, 6.45) is 8.00. The van der Waals surface area contributed by atoms with Crippen LogP contribution in [0.25, 0.3) is 0 Å². The minimum Gasteiger partial charge on any atom is -0.404 e. The van der Waals surface area contributed by atoms with Crippen LogP contribution in [0.3, 0.4) is 0 Å². The molecule has 1 heterocycles. The van der Waals surface area contributed by atoms with Gasteiger partial charge in [-0.05, 0) is 12.8 Å². The van der Waals surface area contributed by atoms with E-state index in [0.29, 0.717) is 0 Å². The molecule has 1 N–H and O–H groups in total. The van der Waals surface area contributed by atoms with E-state index in [-0.39, 0.29) is 17.8 Å². The van der Waals surface area contributed by atoms with Crippen molar-refractivity contribution in [1.29, 1.82) is 0 Å². The van der Waals surface area contributed by atoms with Gasteiger partial charge in [-0.3, -0.25) is 4.79 Å². The maximum atomic E-state index is 11.7. The van der Waals surface area contributed by atoms with Crippen LogP contribution < -0.4 is 4.74 Å². The topological polar surface area (TPSA) is 67.9 Å². The summed E-state index contributed by atoms with van der Waals surface area (Å²) in [6.45, 7) is 0. The van der Waals surface area contributed by atoms with Gasteiger partial charge in [0.2, 0.25) is 0 Å². The molecule has 0 saturated heterocycles. The van der Waals surface area contributed by atoms with Crippen molar-refractivity contribution in [3.63, 3.8) is 0 Å². The number of H-pyrrole nitrogens is 1. The molecule has 82 valence electrons. The second kappa shape index (κ2) is 4.91. The normalized spacial score (nSPS) is 18.4. The number of carbonyl (C=O) groups excluding carboxylic acids is 1. The Labute approximate surface area is 88.2 Å². The number of hydrogen-bond donors (Lipinski definition) is 1. The molecule has 0 atom stereocenters. The van der Waals surface area contributed by atoms with Crippen molar-refractivity contribution in [3.05, 3.63) is 6.20 Å². The van der Waals surface area contributed by atoms with Crippen molar-refractivity contribution >= 4 is 5.97 Å². The number of rotatable bonds is 2. The fraction of sp³-hybridized carbons (Fsp3) is 0.700. The second-order valence-corrected chi connectivity index (χ2v) is 3.92. The molecule has 5 heteroatoms. The molecule has 0 unspecified atom stereocenters. The molecular formula is C10H15N3O2. The van der Waals surface area contributed by atoms with Crippen LogP contribution in [0.5, 0.6) is 5.88 Å². The molecule has 0 spiro atoms. The highest BCUT2D eigenvalue weighted by Crippen LogP contribution is 2.24. The van der Waals surface area contributed by atoms with Crippen LogP contribution in [-0.4, -0.2) is 21.4 Å². The number of aromatic amines is 1. The standard InChI is InChI=1S/C10H15N3O2/c14-10(15-9-7-11-13-12-9)8-5-3-1-2-4-6-8/h7-8H,1-6H2,(H,11,12,13). The van der Waals surface area contributed by atoms with E-state index >= 15 is 0 Å². The first kappa shape index (κ1) is 10.1. The van der Waals surface area contributed by atoms with E-state index in [4.69, 9.17) is 4.74 Å². The lowest BCUT2D eigenvalue weighted by molar-refractivity contribution is -0.139. The highest BCUT2D eigenvalue weighted by Gasteiger charge is 2.22. The van der Waals surface area contributed by atoms with Crippen LogP contribution in [0.15, 0.2) is 6.20 Å². The van der Waals surface area contributed by atoms with Gasteiger partial charge in [-0.2, -0.15) is 10.3 Å². The second-order valence-electron chi connectivity index (χ2n) is 3.92. The molecule has 1 aliphatic carbocycles. The lowest BCUT2D eigenvalue weighted by Crippen LogP contribution is -2.20. The summed E-state index contributed by atoms with van der Waals surface area (Å²) in [5.41, 5.74) is 0. The van der Waals surface area contributed by atoms with Crippen LogP contribution in [0, 0.1) is 5.92 Å². The van der Waals surface area contributed by atoms with Crippen LogP contribution >= 0.6 is 0 Å². The van der Waals surface area contributed by atoms with Gasteiger partial charge in [-0.1, -0.05) is 25.7 Å². The smallest absolute Gasteiger partial charge is 0.315 e. The molecule has 15 heavy (non-hydrogen) atoms. The predicted molar refractivity (Wildman–Crippen MR) is 53.2 cm³/mol. The molecular weight excluding hydrogens is 194 g/mol. The van der Waals surface area contributed by atoms with Crippen LogP contribution in [0.2, 0.25) is 0 Å². The molecule has 0 aromatic carbocycles. The number of esters is 1. The van der Waals surface area contributed by atoms with Crippen molar-refractivity contribution in [3.8, 4) is 5.88 Å². The Morgan fingerprint density at radius 2 is 2.07 bits per heavy atom. The summed E-state index contributed by atoms with van der Waals surface area (Å²) >= 11 is 0. The maximum absolute atomic E-state index is 11.7. The molecule has 2 rings (SSSR count). The quantitative estimate of drug-likeness (QED) is 0.594. The third-order valence-corrected chi connectivity index (χ3v) is 2.79. The number of aromatic nitrogens is 3. The van der Waals surface area contributed by atoms with E-state index < -0.39 is 0 Å². The third kappa shape index (κ3) is 2.78. The highest BCUT2D eigenvalue weighted by molar-refractivity contribution is 5.74. The van der Waals surface area contributed by atoms with Crippen LogP contribution in [0.1, 0.15) is 38.5 Å². The molecule has 1 aromatic heterocycles. The molecule has 0 radical (unpaired) electrons. The van der Waals surface area contributed by atoms with E-state index in [1.54, 1.807) is 0 Å². The van der Waals surface area contributed by atoms with Gasteiger partial charge in [0.1, 0.15) is 6.20 Å². The van der Waals surface area contributed by atoms with Gasteiger partial charge in [0.05, 0.1) is 5.92 Å². The minimum atomic E-state index is -0.161. The van der Waals surface area contributed by atoms with Gasteiger partial charge in [-0.15, -0.1) is 5.10 Å². The zero-order valence-corrected chi connectivity index (χ0v) is 8.61. The Balaban J connectivity index is 1.89. The van der Waals surface area contributed by atoms with Gasteiger partial charge in [0.15, 0.2) is 0 Å². The summed E-state index contributed by atoms with van der Waals surface area (Å²) in [7, 11) is 0. The number of hydrogen-bond acceptors (Lipinski definition) is 4. The van der Waals surface area contributed by atoms with Crippen LogP contribution in [-0.2, 0) is 4.79 Å². The Morgan fingerprint density at radius 1 is 1.33 bits per heavy atom. The number of carbonyl (C=O) groups is 1. The van der Waals surface area contributed by atoms with E-state index in [2.05, 4.69) is 15.4 Å². The van der Waals surface area contributed by atoms with Gasteiger partial charge < -0.3 is 4.74 Å². The predicted octanol–water partition coefficient (Wildman–Crippen LogP) is 1.68. The van der Waals surface area contributed by atoms with Crippen molar-refractivity contribution in [2.75, 3.05) is 0 Å². The molecule has 5 nitrogen and oxygen atoms in total. The maximum Gasteiger partial charge on any atom is 0.315 e. The van der Waals surface area contributed by atoms with Crippen molar-refractivity contribution in [2.45, 2.75) is 38.5 Å². The van der Waals surface area contributed by atoms with Gasteiger partial charge in [0.25, 0.3) is 5.88 Å². The van der Waals surface area contributed by atoms with E-state index in [0.717, 1.165) is 25.7 Å². The van der Waals surface area contributed by atoms with Crippen molar-refractivity contribution in [2.24, 2.45) is 5.92 Å². The SMILES string of the molecule is O=C(Oc1cn[nH]n1)C1CCCCCC1. The average Bonchev–Trinajstić information content (AvgIpc) is 2.58. The summed E-state index contributed by atoms with van der Waals surface area (Å²) in [5.74, 6) is 0.152. The zero-order chi connectivity index (χ0) is 10.5. The van der Waals surface area contributed by atoms with Crippen molar-refractivity contribution in [1.82, 2.24) is 15.4 Å². The van der Waals surface area contributed by atoms with Crippen LogP contribution in [0.4, 0.5) is 0 Å². The molecule has 1 fully saturated rings. The lowest BCUT2D eigenvalue weighted by Gasteiger charge is -2.10. The van der Waals surface area contributed by atoms with Gasteiger partial charge >= 0.3 is 5.97 Å². The van der Waals surface area contributed by atoms with Gasteiger partial charge in [-0.25, -0.2) is 0 Å². The molecule has 0 aliphatic heterocycles. The van der Waals surface area contributed by atoms with E-state index in [1.807, 2.05) is 0 Å². The largest absolute Gasteiger partial charge is 0.404 e. The summed E-state index contributed by atoms with van der Waals surface area (Å²) in [6, 6.07) is 0. The monoisotopic (exact) mass is 209 g/mol. The number of nitrogens with zero attached hydrogens (tertiary/aromatic N) is 2. The Kier molecular flexibility index (Phi) is 3.32. The highest BCUT2D eigenvalue weighted by atomic mass is 16.5. The number of ether oxygens (including phenoxy) is 1. The molecule has 1 aliphatic rings. The summed E-state index contributed by atoms with van der Waals surface area (Å²) < 4.78 is 5.11. The Morgan fingerprint density at radius 3 is 2.67 bits per heavy atom. The van der Waals surface area contributed by atoms with E-state index in [1.165, 1.54) is 19.0 Å². The fourth-order valence-corrected chi connectivity index (χ4v) is 1.94. The first-order valence-corrected chi connectivity index (χ1v) is 5.44. The lowest BCUT2D eigenvalue weighted by atomic mass is 10.0. The Bertz CT molecular complexity index is 302. The zero-order valence-electron chi connectivity index (χ0n) is 8.61. The first-order chi connectivity index (χ1) is 7.36. The van der Waals surface area contributed by atoms with E-state index in [9.17, 15) is 4.79 Å². The van der Waals surface area contributed by atoms with Gasteiger partial charge in [0, 0.05) is 0 Å². The summed E-state index contributed by atoms with van der Waals surface area (Å²) in [5, 5.41) is 9.69. The number of nitrogens with one attached hydrogen (secondary N) is 1. The Hall–Kier alpha value is -1.39. The van der Waals surface area contributed by atoms with Crippen molar-refractivity contribution < 1.29 is 9.53 Å². The first-order valence-electron chi connectivity index (χ1n) is 5.44. The molecule has 0 amide bonds. The summed E-state index contributed by atoms with van der Waals surface area (Å²) in [4.78, 5) is 11.7. The molecule has 1 aromatic rings. The minimum absolute atomic E-state index is 0.0456. The molecule has 1 saturated carbocycles.